The van der Waals surface area contributed by atoms with E-state index < -0.39 is 22.0 Å². The second kappa shape index (κ2) is 9.10. The Morgan fingerprint density at radius 2 is 2.00 bits per heavy atom. The third kappa shape index (κ3) is 4.40. The average molecular weight is 509 g/mol. The standard InChI is InChI=1S/C23H22Cl2N2O5S/c1-13-11-14(2)26-22-15(13)5-3-7-19(22)32-12-16-17(24)8-9-20(21(16)25)33(30,31)27-10-4-6-18(27)23(28)29/h3,5,7-9,11,18H,4,6,10,12H2,1-2H3,(H,28,29)/t18-/m0/s1. The summed E-state index contributed by atoms with van der Waals surface area (Å²) in [6, 6.07) is 9.18. The Morgan fingerprint density at radius 3 is 2.73 bits per heavy atom. The maximum absolute atomic E-state index is 13.2. The van der Waals surface area contributed by atoms with Crippen LogP contribution in [0.1, 0.15) is 29.7 Å². The number of carboxylic acid groups (broad SMARTS) is 1. The van der Waals surface area contributed by atoms with Gasteiger partial charge in [0.2, 0.25) is 10.0 Å². The number of halogens is 2. The lowest BCUT2D eigenvalue weighted by Gasteiger charge is -2.22. The lowest BCUT2D eigenvalue weighted by molar-refractivity contribution is -0.140. The lowest BCUT2D eigenvalue weighted by atomic mass is 10.1. The smallest absolute Gasteiger partial charge is 0.322 e. The van der Waals surface area contributed by atoms with Crippen LogP contribution in [0, 0.1) is 13.8 Å². The fourth-order valence-corrected chi connectivity index (χ4v) is 6.65. The van der Waals surface area contributed by atoms with Gasteiger partial charge in [-0.3, -0.25) is 4.79 Å². The molecule has 3 aromatic rings. The third-order valence-corrected chi connectivity index (χ3v) is 8.58. The van der Waals surface area contributed by atoms with Crippen LogP contribution in [0.25, 0.3) is 10.9 Å². The minimum absolute atomic E-state index is 0.0842. The SMILES string of the molecule is Cc1cc(C)c2cccc(OCc3c(Cl)ccc(S(=O)(=O)N4CCC[C@H]4C(=O)O)c3Cl)c2n1. The Morgan fingerprint density at radius 1 is 1.24 bits per heavy atom. The van der Waals surface area contributed by atoms with Crippen LogP contribution in [0.2, 0.25) is 10.0 Å². The number of sulfonamides is 1. The number of carbonyl (C=O) groups is 1. The normalized spacial score (nSPS) is 16.9. The molecule has 1 saturated heterocycles. The minimum atomic E-state index is -4.14. The van der Waals surface area contributed by atoms with Crippen molar-refractivity contribution in [2.24, 2.45) is 0 Å². The van der Waals surface area contributed by atoms with Gasteiger partial charge in [-0.2, -0.15) is 4.31 Å². The molecule has 1 aliphatic heterocycles. The number of ether oxygens (including phenoxy) is 1. The highest BCUT2D eigenvalue weighted by Crippen LogP contribution is 2.36. The van der Waals surface area contributed by atoms with Gasteiger partial charge in [0.25, 0.3) is 0 Å². The molecule has 1 aromatic heterocycles. The molecule has 33 heavy (non-hydrogen) atoms. The van der Waals surface area contributed by atoms with E-state index in [-0.39, 0.29) is 34.5 Å². The van der Waals surface area contributed by atoms with Gasteiger partial charge in [-0.25, -0.2) is 13.4 Å². The van der Waals surface area contributed by atoms with Crippen molar-refractivity contribution in [1.29, 1.82) is 0 Å². The van der Waals surface area contributed by atoms with Crippen molar-refractivity contribution in [3.63, 3.8) is 0 Å². The maximum atomic E-state index is 13.2. The minimum Gasteiger partial charge on any atom is -0.487 e. The molecule has 1 fully saturated rings. The van der Waals surface area contributed by atoms with E-state index in [0.717, 1.165) is 20.9 Å². The van der Waals surface area contributed by atoms with E-state index in [9.17, 15) is 18.3 Å². The first-order valence-corrected chi connectivity index (χ1v) is 12.5. The third-order valence-electron chi connectivity index (χ3n) is 5.74. The molecular formula is C23H22Cl2N2O5S. The maximum Gasteiger partial charge on any atom is 0.322 e. The number of nitrogens with zero attached hydrogens (tertiary/aromatic N) is 2. The van der Waals surface area contributed by atoms with Gasteiger partial charge in [0, 0.05) is 28.2 Å². The molecule has 4 rings (SSSR count). The highest BCUT2D eigenvalue weighted by Gasteiger charge is 2.40. The first-order valence-electron chi connectivity index (χ1n) is 10.3. The van der Waals surface area contributed by atoms with Gasteiger partial charge >= 0.3 is 5.97 Å². The van der Waals surface area contributed by atoms with Gasteiger partial charge in [0.05, 0.1) is 5.02 Å². The van der Waals surface area contributed by atoms with Crippen molar-refractivity contribution in [1.82, 2.24) is 9.29 Å². The van der Waals surface area contributed by atoms with Gasteiger partial charge < -0.3 is 9.84 Å². The number of benzene rings is 2. The second-order valence-electron chi connectivity index (χ2n) is 7.97. The van der Waals surface area contributed by atoms with Gasteiger partial charge in [-0.1, -0.05) is 35.3 Å². The fraction of sp³-hybridized carbons (Fsp3) is 0.304. The van der Waals surface area contributed by atoms with Crippen LogP contribution in [0.5, 0.6) is 5.75 Å². The van der Waals surface area contributed by atoms with E-state index in [1.165, 1.54) is 12.1 Å². The summed E-state index contributed by atoms with van der Waals surface area (Å²) >= 11 is 12.8. The highest BCUT2D eigenvalue weighted by atomic mass is 35.5. The second-order valence-corrected chi connectivity index (χ2v) is 10.6. The molecule has 0 unspecified atom stereocenters. The summed E-state index contributed by atoms with van der Waals surface area (Å²) < 4.78 is 33.5. The van der Waals surface area contributed by atoms with Crippen molar-refractivity contribution in [2.45, 2.75) is 44.2 Å². The molecule has 10 heteroatoms. The van der Waals surface area contributed by atoms with Crippen LogP contribution in [0.3, 0.4) is 0 Å². The van der Waals surface area contributed by atoms with E-state index in [4.69, 9.17) is 27.9 Å². The number of carboxylic acids is 1. The number of hydrogen-bond acceptors (Lipinski definition) is 5. The fourth-order valence-electron chi connectivity index (χ4n) is 4.13. The van der Waals surface area contributed by atoms with Crippen LogP contribution in [-0.2, 0) is 21.4 Å². The van der Waals surface area contributed by atoms with Gasteiger partial charge in [-0.05, 0) is 56.5 Å². The highest BCUT2D eigenvalue weighted by molar-refractivity contribution is 7.89. The Kier molecular flexibility index (Phi) is 6.55. The van der Waals surface area contributed by atoms with Crippen LogP contribution in [0.15, 0.2) is 41.3 Å². The number of aromatic nitrogens is 1. The number of hydrogen-bond donors (Lipinski definition) is 1. The van der Waals surface area contributed by atoms with E-state index in [1.54, 1.807) is 6.07 Å². The summed E-state index contributed by atoms with van der Waals surface area (Å²) in [5, 5.41) is 10.5. The molecule has 1 N–H and O–H groups in total. The van der Waals surface area contributed by atoms with E-state index in [2.05, 4.69) is 4.98 Å². The number of fused-ring (bicyclic) bond motifs is 1. The van der Waals surface area contributed by atoms with Crippen LogP contribution in [-0.4, -0.2) is 41.4 Å². The number of rotatable bonds is 6. The molecule has 0 saturated carbocycles. The molecule has 0 aliphatic carbocycles. The molecule has 2 aromatic carbocycles. The predicted molar refractivity (Wildman–Crippen MR) is 127 cm³/mol. The number of aryl methyl sites for hydroxylation is 2. The molecule has 0 radical (unpaired) electrons. The summed E-state index contributed by atoms with van der Waals surface area (Å²) in [6.45, 7) is 3.92. The van der Waals surface area contributed by atoms with Crippen molar-refractivity contribution < 1.29 is 23.1 Å². The predicted octanol–water partition coefficient (Wildman–Crippen LogP) is 4.98. The zero-order valence-corrected chi connectivity index (χ0v) is 20.3. The summed E-state index contributed by atoms with van der Waals surface area (Å²) in [4.78, 5) is 15.9. The number of pyridine rings is 1. The quantitative estimate of drug-likeness (QED) is 0.504. The first kappa shape index (κ1) is 23.8. The van der Waals surface area contributed by atoms with Crippen LogP contribution >= 0.6 is 23.2 Å². The summed E-state index contributed by atoms with van der Waals surface area (Å²) in [6.07, 6.45) is 0.715. The first-order chi connectivity index (χ1) is 15.6. The van der Waals surface area contributed by atoms with Crippen molar-refractivity contribution >= 4 is 50.1 Å². The van der Waals surface area contributed by atoms with E-state index >= 15 is 0 Å². The number of para-hydroxylation sites is 1. The van der Waals surface area contributed by atoms with Gasteiger partial charge in [-0.15, -0.1) is 0 Å². The Balaban J connectivity index is 1.69. The van der Waals surface area contributed by atoms with Gasteiger partial charge in [0.15, 0.2) is 0 Å². The Labute approximate surface area is 201 Å². The summed E-state index contributed by atoms with van der Waals surface area (Å²) in [7, 11) is -4.14. The van der Waals surface area contributed by atoms with E-state index in [1.807, 2.05) is 32.0 Å². The zero-order chi connectivity index (χ0) is 23.9. The average Bonchev–Trinajstić information content (AvgIpc) is 3.25. The summed E-state index contributed by atoms with van der Waals surface area (Å²) in [5.41, 5.74) is 2.89. The number of aliphatic carboxylic acids is 1. The monoisotopic (exact) mass is 508 g/mol. The summed E-state index contributed by atoms with van der Waals surface area (Å²) in [5.74, 6) is -0.663. The Hall–Kier alpha value is -2.39. The van der Waals surface area contributed by atoms with E-state index in [0.29, 0.717) is 23.3 Å². The molecule has 0 amide bonds. The molecule has 1 aliphatic rings. The Bertz CT molecular complexity index is 1360. The van der Waals surface area contributed by atoms with Crippen LogP contribution < -0.4 is 4.74 Å². The zero-order valence-electron chi connectivity index (χ0n) is 18.0. The molecule has 7 nitrogen and oxygen atoms in total. The largest absolute Gasteiger partial charge is 0.487 e. The topological polar surface area (TPSA) is 96.8 Å². The van der Waals surface area contributed by atoms with Gasteiger partial charge in [0.1, 0.15) is 28.8 Å². The van der Waals surface area contributed by atoms with Crippen molar-refractivity contribution in [3.05, 3.63) is 63.3 Å². The van der Waals surface area contributed by atoms with Crippen molar-refractivity contribution in [2.75, 3.05) is 6.54 Å². The van der Waals surface area contributed by atoms with Crippen molar-refractivity contribution in [3.8, 4) is 5.75 Å². The molecule has 0 spiro atoms. The molecule has 174 valence electrons. The lowest BCUT2D eigenvalue weighted by Crippen LogP contribution is -2.40. The molecular weight excluding hydrogens is 487 g/mol. The molecule has 2 heterocycles. The molecule has 0 bridgehead atoms. The van der Waals surface area contributed by atoms with Crippen LogP contribution in [0.4, 0.5) is 0 Å². The molecule has 1 atom stereocenters.